The molecule has 11 aromatic rings. The van der Waals surface area contributed by atoms with Crippen LogP contribution in [0.5, 0.6) is 0 Å². The maximum atomic E-state index is 6.47. The molecule has 11 rings (SSSR count). The van der Waals surface area contributed by atoms with Crippen molar-refractivity contribution in [2.45, 2.75) is 0 Å². The molecule has 0 aliphatic heterocycles. The summed E-state index contributed by atoms with van der Waals surface area (Å²) < 4.78 is 6.47. The van der Waals surface area contributed by atoms with Gasteiger partial charge in [0.2, 0.25) is 5.89 Å². The monoisotopic (exact) mass is 728 g/mol. The van der Waals surface area contributed by atoms with Crippen LogP contribution in [-0.2, 0) is 0 Å². The van der Waals surface area contributed by atoms with E-state index in [2.05, 4.69) is 158 Å². The molecule has 0 aliphatic carbocycles. The summed E-state index contributed by atoms with van der Waals surface area (Å²) in [5.41, 5.74) is 9.74. The normalized spacial score (nSPS) is 11.5. The molecule has 0 aliphatic rings. The third-order valence-electron chi connectivity index (χ3n) is 10.7. The summed E-state index contributed by atoms with van der Waals surface area (Å²) in [5, 5.41) is 6.87. The Bertz CT molecular complexity index is 3280. The summed E-state index contributed by atoms with van der Waals surface area (Å²) >= 11 is 0. The van der Waals surface area contributed by atoms with Gasteiger partial charge in [-0.15, -0.1) is 0 Å². The number of fused-ring (bicyclic) bond motifs is 5. The Hall–Kier alpha value is -7.76. The van der Waals surface area contributed by atoms with Gasteiger partial charge < -0.3 is 4.42 Å². The van der Waals surface area contributed by atoms with Gasteiger partial charge in [0.15, 0.2) is 23.1 Å². The predicted octanol–water partition coefficient (Wildman–Crippen LogP) is 13.5. The molecule has 0 fully saturated rings. The van der Waals surface area contributed by atoms with Gasteiger partial charge >= 0.3 is 0 Å². The highest BCUT2D eigenvalue weighted by Crippen LogP contribution is 2.38. The second-order valence-electron chi connectivity index (χ2n) is 14.3. The number of aromatic nitrogens is 4. The van der Waals surface area contributed by atoms with Crippen LogP contribution in [0, 0.1) is 0 Å². The van der Waals surface area contributed by atoms with Crippen molar-refractivity contribution in [3.8, 4) is 67.9 Å². The Morgan fingerprint density at radius 1 is 0.298 bits per heavy atom. The summed E-state index contributed by atoms with van der Waals surface area (Å²) in [4.78, 5) is 20.1. The molecule has 0 spiro atoms. The first kappa shape index (κ1) is 32.7. The zero-order valence-electron chi connectivity index (χ0n) is 30.7. The van der Waals surface area contributed by atoms with Crippen LogP contribution in [-0.4, -0.2) is 19.9 Å². The van der Waals surface area contributed by atoms with Crippen molar-refractivity contribution >= 4 is 43.4 Å². The molecule has 9 aromatic carbocycles. The van der Waals surface area contributed by atoms with E-state index in [9.17, 15) is 0 Å². The van der Waals surface area contributed by atoms with E-state index in [0.717, 1.165) is 66.2 Å². The van der Waals surface area contributed by atoms with Gasteiger partial charge in [0.05, 0.1) is 0 Å². The Labute approximate surface area is 328 Å². The van der Waals surface area contributed by atoms with Crippen LogP contribution >= 0.6 is 0 Å². The molecule has 57 heavy (non-hydrogen) atoms. The second-order valence-corrected chi connectivity index (χ2v) is 14.3. The number of hydrogen-bond donors (Lipinski definition) is 0. The van der Waals surface area contributed by atoms with Crippen molar-refractivity contribution in [1.82, 2.24) is 19.9 Å². The lowest BCUT2D eigenvalue weighted by molar-refractivity contribution is 0.623. The topological polar surface area (TPSA) is 64.7 Å². The van der Waals surface area contributed by atoms with E-state index in [0.29, 0.717) is 23.4 Å². The van der Waals surface area contributed by atoms with Crippen LogP contribution in [0.15, 0.2) is 199 Å². The zero-order valence-corrected chi connectivity index (χ0v) is 30.7. The van der Waals surface area contributed by atoms with Crippen molar-refractivity contribution in [2.75, 3.05) is 0 Å². The van der Waals surface area contributed by atoms with Gasteiger partial charge in [-0.05, 0) is 79.5 Å². The van der Waals surface area contributed by atoms with Crippen LogP contribution < -0.4 is 0 Å². The second kappa shape index (κ2) is 13.5. The number of hydrogen-bond acceptors (Lipinski definition) is 5. The zero-order chi connectivity index (χ0) is 37.7. The molecular weight excluding hydrogens is 697 g/mol. The molecule has 266 valence electrons. The maximum absolute atomic E-state index is 6.47. The maximum Gasteiger partial charge on any atom is 0.227 e. The molecule has 0 radical (unpaired) electrons. The van der Waals surface area contributed by atoms with Gasteiger partial charge in [0, 0.05) is 27.6 Å². The average Bonchev–Trinajstić information content (AvgIpc) is 3.74. The molecule has 0 saturated heterocycles. The smallest absolute Gasteiger partial charge is 0.227 e. The summed E-state index contributed by atoms with van der Waals surface area (Å²) in [6.45, 7) is 0. The first-order valence-electron chi connectivity index (χ1n) is 19.0. The molecule has 5 heteroatoms. The Morgan fingerprint density at radius 2 is 0.789 bits per heavy atom. The van der Waals surface area contributed by atoms with Crippen molar-refractivity contribution in [2.24, 2.45) is 0 Å². The van der Waals surface area contributed by atoms with Gasteiger partial charge in [0.1, 0.15) is 5.52 Å². The summed E-state index contributed by atoms with van der Waals surface area (Å²) in [7, 11) is 0. The fourth-order valence-electron chi connectivity index (χ4n) is 7.77. The lowest BCUT2D eigenvalue weighted by atomic mass is 9.96. The average molecular weight is 729 g/mol. The lowest BCUT2D eigenvalue weighted by Crippen LogP contribution is -2.00. The molecule has 0 bridgehead atoms. The van der Waals surface area contributed by atoms with Crippen LogP contribution in [0.3, 0.4) is 0 Å². The minimum absolute atomic E-state index is 0.608. The first-order valence-corrected chi connectivity index (χ1v) is 19.0. The molecular formula is C52H32N4O. The third kappa shape index (κ3) is 5.99. The molecule has 5 nitrogen and oxygen atoms in total. The van der Waals surface area contributed by atoms with E-state index >= 15 is 0 Å². The van der Waals surface area contributed by atoms with Crippen LogP contribution in [0.1, 0.15) is 0 Å². The van der Waals surface area contributed by atoms with Crippen LogP contribution in [0.2, 0.25) is 0 Å². The summed E-state index contributed by atoms with van der Waals surface area (Å²) in [5.74, 6) is 2.46. The molecule has 0 atom stereocenters. The van der Waals surface area contributed by atoms with Gasteiger partial charge in [-0.3, -0.25) is 0 Å². The summed E-state index contributed by atoms with van der Waals surface area (Å²) in [6.07, 6.45) is 0. The molecule has 0 amide bonds. The Morgan fingerprint density at radius 3 is 1.46 bits per heavy atom. The van der Waals surface area contributed by atoms with Crippen molar-refractivity contribution in [3.63, 3.8) is 0 Å². The minimum atomic E-state index is 0.608. The highest BCUT2D eigenvalue weighted by molar-refractivity contribution is 6.11. The Balaban J connectivity index is 0.996. The van der Waals surface area contributed by atoms with Gasteiger partial charge in [-0.1, -0.05) is 164 Å². The first-order chi connectivity index (χ1) is 28.2. The van der Waals surface area contributed by atoms with Gasteiger partial charge in [0.25, 0.3) is 0 Å². The number of benzene rings is 9. The highest BCUT2D eigenvalue weighted by Gasteiger charge is 2.17. The van der Waals surface area contributed by atoms with Gasteiger partial charge in [-0.25, -0.2) is 19.9 Å². The van der Waals surface area contributed by atoms with E-state index in [4.69, 9.17) is 24.4 Å². The minimum Gasteiger partial charge on any atom is -0.435 e. The largest absolute Gasteiger partial charge is 0.435 e. The fraction of sp³-hybridized carbons (Fsp3) is 0. The highest BCUT2D eigenvalue weighted by atomic mass is 16.3. The van der Waals surface area contributed by atoms with Crippen molar-refractivity contribution < 1.29 is 4.42 Å². The molecule has 2 heterocycles. The number of rotatable bonds is 6. The predicted molar refractivity (Wildman–Crippen MR) is 233 cm³/mol. The van der Waals surface area contributed by atoms with Crippen molar-refractivity contribution in [1.29, 1.82) is 0 Å². The molecule has 0 saturated carbocycles. The van der Waals surface area contributed by atoms with Gasteiger partial charge in [-0.2, -0.15) is 0 Å². The molecule has 0 unspecified atom stereocenters. The van der Waals surface area contributed by atoms with Crippen LogP contribution in [0.4, 0.5) is 0 Å². The standard InChI is InChI=1S/C52H32N4O/c1-2-11-40(12-3-1)52-53-46-30-29-37-15-8-16-45(47(37)48(46)57-52)36-21-25-39(26-22-36)50-54-49(55-51(56-50)44-28-20-34-10-5-7-14-42(34)32-44)38-23-17-35(18-24-38)43-27-19-33-9-4-6-13-41(33)31-43/h1-32H. The van der Waals surface area contributed by atoms with E-state index in [1.807, 2.05) is 36.4 Å². The number of oxazole rings is 1. The summed E-state index contributed by atoms with van der Waals surface area (Å²) in [6, 6.07) is 67.2. The van der Waals surface area contributed by atoms with E-state index in [1.165, 1.54) is 21.7 Å². The quantitative estimate of drug-likeness (QED) is 0.171. The molecule has 2 aromatic heterocycles. The SMILES string of the molecule is c1ccc(-c2nc3ccc4cccc(-c5ccc(-c6nc(-c7ccc(-c8ccc9ccccc9c8)cc7)nc(-c7ccc8ccccc8c7)n6)cc5)c4c3o2)cc1. The molecule has 0 N–H and O–H groups in total. The van der Waals surface area contributed by atoms with E-state index in [1.54, 1.807) is 0 Å². The number of nitrogens with zero attached hydrogens (tertiary/aromatic N) is 4. The third-order valence-corrected chi connectivity index (χ3v) is 10.7. The van der Waals surface area contributed by atoms with Crippen molar-refractivity contribution in [3.05, 3.63) is 194 Å². The van der Waals surface area contributed by atoms with E-state index in [-0.39, 0.29) is 0 Å². The Kier molecular flexibility index (Phi) is 7.74. The fourth-order valence-corrected chi connectivity index (χ4v) is 7.77. The van der Waals surface area contributed by atoms with Crippen LogP contribution in [0.25, 0.3) is 111 Å². The lowest BCUT2D eigenvalue weighted by Gasteiger charge is -2.11. The van der Waals surface area contributed by atoms with E-state index < -0.39 is 0 Å².